The first-order valence-electron chi connectivity index (χ1n) is 8.14. The van der Waals surface area contributed by atoms with Crippen molar-refractivity contribution in [3.63, 3.8) is 0 Å². The molecule has 2 aromatic carbocycles. The predicted octanol–water partition coefficient (Wildman–Crippen LogP) is 4.29. The van der Waals surface area contributed by atoms with Gasteiger partial charge in [0.05, 0.1) is 24.0 Å². The molecule has 0 aliphatic carbocycles. The Hall–Kier alpha value is -3.18. The van der Waals surface area contributed by atoms with Crippen molar-refractivity contribution in [1.29, 1.82) is 0 Å². The molecule has 2 aromatic heterocycles. The molecule has 0 saturated carbocycles. The average molecular weight is 362 g/mol. The zero-order valence-corrected chi connectivity index (χ0v) is 14.6. The Balaban J connectivity index is 1.73. The number of aromatic nitrogens is 4. The molecule has 128 valence electrons. The summed E-state index contributed by atoms with van der Waals surface area (Å²) in [5.41, 5.74) is 10.7. The van der Waals surface area contributed by atoms with Crippen LogP contribution in [0.5, 0.6) is 0 Å². The molecule has 0 radical (unpaired) electrons. The van der Waals surface area contributed by atoms with Gasteiger partial charge in [-0.15, -0.1) is 0 Å². The van der Waals surface area contributed by atoms with Gasteiger partial charge in [-0.25, -0.2) is 9.97 Å². The Morgan fingerprint density at radius 1 is 0.923 bits per heavy atom. The van der Waals surface area contributed by atoms with Crippen LogP contribution in [0.4, 0.5) is 5.82 Å². The van der Waals surface area contributed by atoms with E-state index in [9.17, 15) is 0 Å². The maximum atomic E-state index is 6.15. The van der Waals surface area contributed by atoms with E-state index in [1.807, 2.05) is 53.3 Å². The molecule has 0 aliphatic rings. The maximum absolute atomic E-state index is 6.15. The van der Waals surface area contributed by atoms with Gasteiger partial charge in [0.2, 0.25) is 0 Å². The summed E-state index contributed by atoms with van der Waals surface area (Å²) in [6.45, 7) is 0.692. The zero-order chi connectivity index (χ0) is 17.9. The van der Waals surface area contributed by atoms with E-state index < -0.39 is 0 Å². The van der Waals surface area contributed by atoms with Gasteiger partial charge in [0.1, 0.15) is 12.1 Å². The number of nitrogens with two attached hydrogens (primary N) is 1. The van der Waals surface area contributed by atoms with E-state index in [-0.39, 0.29) is 0 Å². The number of hydrogen-bond acceptors (Lipinski definition) is 4. The van der Waals surface area contributed by atoms with E-state index in [4.69, 9.17) is 17.3 Å². The number of anilines is 1. The summed E-state index contributed by atoms with van der Waals surface area (Å²) in [5, 5.41) is 5.13. The van der Waals surface area contributed by atoms with Crippen molar-refractivity contribution in [2.24, 2.45) is 0 Å². The van der Waals surface area contributed by atoms with Gasteiger partial charge in [-0.1, -0.05) is 54.1 Å². The SMILES string of the molecule is Nc1ncnc(-c2cnn(Cc3ccccc3)c2)c1-c1ccc(Cl)cc1. The highest BCUT2D eigenvalue weighted by atomic mass is 35.5. The van der Waals surface area contributed by atoms with Gasteiger partial charge in [-0.3, -0.25) is 4.68 Å². The molecular weight excluding hydrogens is 346 g/mol. The Bertz CT molecular complexity index is 1030. The van der Waals surface area contributed by atoms with E-state index in [1.54, 1.807) is 6.20 Å². The van der Waals surface area contributed by atoms with Gasteiger partial charge >= 0.3 is 0 Å². The highest BCUT2D eigenvalue weighted by Gasteiger charge is 2.15. The molecular formula is C20H16ClN5. The van der Waals surface area contributed by atoms with Gasteiger partial charge in [0.25, 0.3) is 0 Å². The molecule has 5 nitrogen and oxygen atoms in total. The van der Waals surface area contributed by atoms with Gasteiger partial charge in [-0.2, -0.15) is 5.10 Å². The fourth-order valence-electron chi connectivity index (χ4n) is 2.86. The Morgan fingerprint density at radius 3 is 2.46 bits per heavy atom. The molecule has 4 rings (SSSR count). The van der Waals surface area contributed by atoms with E-state index >= 15 is 0 Å². The standard InChI is InChI=1S/C20H16ClN5/c21-17-8-6-15(7-9-17)18-19(23-13-24-20(18)22)16-10-25-26(12-16)11-14-4-2-1-3-5-14/h1-10,12-13H,11H2,(H2,22,23,24). The minimum absolute atomic E-state index is 0.424. The van der Waals surface area contributed by atoms with Crippen molar-refractivity contribution in [3.8, 4) is 22.4 Å². The summed E-state index contributed by atoms with van der Waals surface area (Å²) in [5.74, 6) is 0.424. The first-order valence-corrected chi connectivity index (χ1v) is 8.51. The van der Waals surface area contributed by atoms with E-state index in [1.165, 1.54) is 11.9 Å². The third-order valence-electron chi connectivity index (χ3n) is 4.10. The molecule has 0 atom stereocenters. The molecule has 0 saturated heterocycles. The highest BCUT2D eigenvalue weighted by molar-refractivity contribution is 6.30. The van der Waals surface area contributed by atoms with E-state index in [0.717, 1.165) is 22.4 Å². The molecule has 0 bridgehead atoms. The van der Waals surface area contributed by atoms with Crippen LogP contribution in [0.3, 0.4) is 0 Å². The first kappa shape index (κ1) is 16.3. The van der Waals surface area contributed by atoms with Crippen molar-refractivity contribution < 1.29 is 0 Å². The molecule has 2 heterocycles. The molecule has 0 aliphatic heterocycles. The lowest BCUT2D eigenvalue weighted by molar-refractivity contribution is 0.687. The summed E-state index contributed by atoms with van der Waals surface area (Å²) in [7, 11) is 0. The third-order valence-corrected chi connectivity index (χ3v) is 4.36. The van der Waals surface area contributed by atoms with Crippen molar-refractivity contribution >= 4 is 17.4 Å². The van der Waals surface area contributed by atoms with Crippen LogP contribution in [0.15, 0.2) is 73.3 Å². The Labute approximate surface area is 156 Å². The van der Waals surface area contributed by atoms with Crippen LogP contribution >= 0.6 is 11.6 Å². The second-order valence-corrected chi connectivity index (χ2v) is 6.34. The fourth-order valence-corrected chi connectivity index (χ4v) is 2.99. The number of nitrogen functional groups attached to an aromatic ring is 1. The van der Waals surface area contributed by atoms with Crippen LogP contribution in [0.2, 0.25) is 5.02 Å². The molecule has 0 fully saturated rings. The highest BCUT2D eigenvalue weighted by Crippen LogP contribution is 2.34. The molecule has 26 heavy (non-hydrogen) atoms. The van der Waals surface area contributed by atoms with Gasteiger partial charge in [0, 0.05) is 16.8 Å². The number of rotatable bonds is 4. The molecule has 4 aromatic rings. The lowest BCUT2D eigenvalue weighted by Crippen LogP contribution is -2.00. The number of hydrogen-bond donors (Lipinski definition) is 1. The number of benzene rings is 2. The molecule has 6 heteroatoms. The van der Waals surface area contributed by atoms with E-state index in [0.29, 0.717) is 17.4 Å². The number of nitrogens with zero attached hydrogens (tertiary/aromatic N) is 4. The zero-order valence-electron chi connectivity index (χ0n) is 13.9. The second kappa shape index (κ2) is 6.98. The van der Waals surface area contributed by atoms with Gasteiger partial charge < -0.3 is 5.73 Å². The largest absolute Gasteiger partial charge is 0.383 e. The summed E-state index contributed by atoms with van der Waals surface area (Å²) in [6, 6.07) is 17.7. The van der Waals surface area contributed by atoms with Crippen LogP contribution in [-0.2, 0) is 6.54 Å². The van der Waals surface area contributed by atoms with Crippen molar-refractivity contribution in [2.45, 2.75) is 6.54 Å². The van der Waals surface area contributed by atoms with Crippen LogP contribution in [0.25, 0.3) is 22.4 Å². The Kier molecular flexibility index (Phi) is 4.37. The summed E-state index contributed by atoms with van der Waals surface area (Å²) in [6.07, 6.45) is 5.23. The van der Waals surface area contributed by atoms with Crippen LogP contribution in [0.1, 0.15) is 5.56 Å². The van der Waals surface area contributed by atoms with Crippen LogP contribution < -0.4 is 5.73 Å². The van der Waals surface area contributed by atoms with Crippen molar-refractivity contribution in [2.75, 3.05) is 5.73 Å². The third kappa shape index (κ3) is 3.30. The van der Waals surface area contributed by atoms with Crippen molar-refractivity contribution in [3.05, 3.63) is 83.9 Å². The number of halogens is 1. The summed E-state index contributed by atoms with van der Waals surface area (Å²) in [4.78, 5) is 8.60. The normalized spacial score (nSPS) is 10.8. The van der Waals surface area contributed by atoms with Crippen LogP contribution in [0, 0.1) is 0 Å². The molecule has 0 amide bonds. The average Bonchev–Trinajstić information content (AvgIpc) is 3.12. The molecule has 0 unspecified atom stereocenters. The predicted molar refractivity (Wildman–Crippen MR) is 104 cm³/mol. The first-order chi connectivity index (χ1) is 12.7. The summed E-state index contributed by atoms with van der Waals surface area (Å²) >= 11 is 6.00. The lowest BCUT2D eigenvalue weighted by Gasteiger charge is -2.09. The monoisotopic (exact) mass is 361 g/mol. The second-order valence-electron chi connectivity index (χ2n) is 5.90. The smallest absolute Gasteiger partial charge is 0.135 e. The summed E-state index contributed by atoms with van der Waals surface area (Å²) < 4.78 is 1.88. The minimum Gasteiger partial charge on any atom is -0.383 e. The van der Waals surface area contributed by atoms with Crippen LogP contribution in [-0.4, -0.2) is 19.7 Å². The Morgan fingerprint density at radius 2 is 1.69 bits per heavy atom. The lowest BCUT2D eigenvalue weighted by atomic mass is 10.0. The van der Waals surface area contributed by atoms with E-state index in [2.05, 4.69) is 27.2 Å². The van der Waals surface area contributed by atoms with Crippen molar-refractivity contribution in [1.82, 2.24) is 19.7 Å². The van der Waals surface area contributed by atoms with Gasteiger partial charge in [0.15, 0.2) is 0 Å². The maximum Gasteiger partial charge on any atom is 0.135 e. The minimum atomic E-state index is 0.424. The molecule has 0 spiro atoms. The van der Waals surface area contributed by atoms with Gasteiger partial charge in [-0.05, 0) is 23.3 Å². The topological polar surface area (TPSA) is 69.6 Å². The fraction of sp³-hybridized carbons (Fsp3) is 0.0500. The molecule has 2 N–H and O–H groups in total. The quantitative estimate of drug-likeness (QED) is 0.588.